The Bertz CT molecular complexity index is 488. The molecule has 0 aliphatic heterocycles. The molecule has 0 heterocycles. The van der Waals surface area contributed by atoms with E-state index in [1.54, 1.807) is 6.07 Å². The van der Waals surface area contributed by atoms with Gasteiger partial charge in [0.1, 0.15) is 6.07 Å². The largest absolute Gasteiger partial charge is 0.416 e. The minimum absolute atomic E-state index is 0.0324. The van der Waals surface area contributed by atoms with Gasteiger partial charge in [-0.1, -0.05) is 0 Å². The molecule has 0 unspecified atom stereocenters. The molecule has 0 radical (unpaired) electrons. The average Bonchev–Trinajstić information content (AvgIpc) is 2.14. The summed E-state index contributed by atoms with van der Waals surface area (Å²) in [5.41, 5.74) is -1.27. The number of Topliss-reactive ketones (excluding diaryl/α,β-unsaturated/α-hetero) is 1. The van der Waals surface area contributed by atoms with Crippen molar-refractivity contribution in [1.29, 1.82) is 5.26 Å². The second-order valence-corrected chi connectivity index (χ2v) is 3.90. The zero-order chi connectivity index (χ0) is 12.5. The van der Waals surface area contributed by atoms with Crippen LogP contribution >= 0.6 is 15.9 Å². The van der Waals surface area contributed by atoms with Crippen molar-refractivity contribution in [3.05, 3.63) is 33.3 Å². The Hall–Kier alpha value is -1.35. The highest BCUT2D eigenvalue weighted by molar-refractivity contribution is 9.10. The van der Waals surface area contributed by atoms with Gasteiger partial charge in [0.15, 0.2) is 5.78 Å². The SMILES string of the molecule is CC(=O)c1cc(C(F)(F)F)cc(Br)c1C#N. The first-order valence-electron chi connectivity index (χ1n) is 4.09. The molecule has 0 aromatic heterocycles. The maximum absolute atomic E-state index is 12.4. The monoisotopic (exact) mass is 291 g/mol. The van der Waals surface area contributed by atoms with Crippen LogP contribution in [0.5, 0.6) is 0 Å². The Morgan fingerprint density at radius 1 is 1.44 bits per heavy atom. The first kappa shape index (κ1) is 12.7. The van der Waals surface area contributed by atoms with Crippen LogP contribution in [0, 0.1) is 11.3 Å². The lowest BCUT2D eigenvalue weighted by atomic mass is 10.0. The number of nitriles is 1. The van der Waals surface area contributed by atoms with Gasteiger partial charge in [-0.25, -0.2) is 0 Å². The zero-order valence-corrected chi connectivity index (χ0v) is 9.61. The molecule has 0 amide bonds. The van der Waals surface area contributed by atoms with Crippen LogP contribution in [-0.2, 0) is 6.18 Å². The molecule has 1 aromatic rings. The third kappa shape index (κ3) is 2.42. The molecule has 1 rings (SSSR count). The van der Waals surface area contributed by atoms with Crippen LogP contribution in [0.2, 0.25) is 0 Å². The Balaban J connectivity index is 3.54. The summed E-state index contributed by atoms with van der Waals surface area (Å²) >= 11 is 2.84. The van der Waals surface area contributed by atoms with Crippen LogP contribution in [-0.4, -0.2) is 5.78 Å². The van der Waals surface area contributed by atoms with E-state index in [2.05, 4.69) is 15.9 Å². The number of hydrogen-bond acceptors (Lipinski definition) is 2. The summed E-state index contributed by atoms with van der Waals surface area (Å²) in [5.74, 6) is -0.580. The van der Waals surface area contributed by atoms with Crippen LogP contribution in [0.4, 0.5) is 13.2 Å². The fraction of sp³-hybridized carbons (Fsp3) is 0.200. The first-order chi connectivity index (χ1) is 7.27. The predicted octanol–water partition coefficient (Wildman–Crippen LogP) is 3.54. The number of nitrogens with zero attached hydrogens (tertiary/aromatic N) is 1. The molecule has 16 heavy (non-hydrogen) atoms. The highest BCUT2D eigenvalue weighted by Crippen LogP contribution is 2.34. The number of benzene rings is 1. The second-order valence-electron chi connectivity index (χ2n) is 3.05. The maximum Gasteiger partial charge on any atom is 0.416 e. The molecule has 0 fully saturated rings. The van der Waals surface area contributed by atoms with Gasteiger partial charge >= 0.3 is 6.18 Å². The van der Waals surface area contributed by atoms with Gasteiger partial charge in [0, 0.05) is 10.0 Å². The van der Waals surface area contributed by atoms with Crippen LogP contribution in [0.1, 0.15) is 28.4 Å². The Morgan fingerprint density at radius 3 is 2.38 bits per heavy atom. The molecule has 0 aliphatic rings. The molecule has 0 saturated carbocycles. The van der Waals surface area contributed by atoms with Gasteiger partial charge in [-0.05, 0) is 35.0 Å². The number of ketones is 1. The third-order valence-electron chi connectivity index (χ3n) is 1.91. The Morgan fingerprint density at radius 2 is 2.00 bits per heavy atom. The number of alkyl halides is 3. The van der Waals surface area contributed by atoms with Crippen molar-refractivity contribution in [1.82, 2.24) is 0 Å². The van der Waals surface area contributed by atoms with Crippen LogP contribution < -0.4 is 0 Å². The van der Waals surface area contributed by atoms with E-state index in [9.17, 15) is 18.0 Å². The molecule has 84 valence electrons. The van der Waals surface area contributed by atoms with Crippen LogP contribution in [0.25, 0.3) is 0 Å². The van der Waals surface area contributed by atoms with Gasteiger partial charge in [-0.2, -0.15) is 18.4 Å². The summed E-state index contributed by atoms with van der Waals surface area (Å²) in [6.07, 6.45) is -4.54. The topological polar surface area (TPSA) is 40.9 Å². The highest BCUT2D eigenvalue weighted by atomic mass is 79.9. The van der Waals surface area contributed by atoms with Crippen LogP contribution in [0.3, 0.4) is 0 Å². The van der Waals surface area contributed by atoms with E-state index in [0.717, 1.165) is 13.0 Å². The van der Waals surface area contributed by atoms with E-state index in [-0.39, 0.29) is 15.6 Å². The maximum atomic E-state index is 12.4. The van der Waals surface area contributed by atoms with Crippen molar-refractivity contribution in [2.75, 3.05) is 0 Å². The van der Waals surface area contributed by atoms with E-state index < -0.39 is 17.5 Å². The zero-order valence-electron chi connectivity index (χ0n) is 8.02. The van der Waals surface area contributed by atoms with E-state index >= 15 is 0 Å². The Labute approximate surface area is 97.8 Å². The van der Waals surface area contributed by atoms with Crippen LogP contribution in [0.15, 0.2) is 16.6 Å². The van der Waals surface area contributed by atoms with Crippen molar-refractivity contribution in [2.45, 2.75) is 13.1 Å². The summed E-state index contributed by atoms with van der Waals surface area (Å²) in [5, 5.41) is 8.73. The van der Waals surface area contributed by atoms with E-state index in [1.165, 1.54) is 0 Å². The molecule has 0 bridgehead atoms. The lowest BCUT2D eigenvalue weighted by Crippen LogP contribution is -2.08. The standard InChI is InChI=1S/C10H5BrF3NO/c1-5(16)7-2-6(10(12,13)14)3-9(11)8(7)4-15/h2-3H,1H3. The number of carbonyl (C=O) groups excluding carboxylic acids is 1. The first-order valence-corrected chi connectivity index (χ1v) is 4.88. The van der Waals surface area contributed by atoms with Crippen molar-refractivity contribution in [3.63, 3.8) is 0 Å². The summed E-state index contributed by atoms with van der Waals surface area (Å²) in [7, 11) is 0. The number of carbonyl (C=O) groups is 1. The summed E-state index contributed by atoms with van der Waals surface area (Å²) in [4.78, 5) is 11.1. The minimum Gasteiger partial charge on any atom is -0.294 e. The molecule has 0 saturated heterocycles. The molecule has 0 spiro atoms. The summed E-state index contributed by atoms with van der Waals surface area (Å²) < 4.78 is 37.3. The van der Waals surface area contributed by atoms with Crippen molar-refractivity contribution in [2.24, 2.45) is 0 Å². The van der Waals surface area contributed by atoms with E-state index in [1.807, 2.05) is 0 Å². The number of hydrogen-bond donors (Lipinski definition) is 0. The Kier molecular flexibility index (Phi) is 3.38. The number of halogens is 4. The van der Waals surface area contributed by atoms with Gasteiger partial charge in [0.25, 0.3) is 0 Å². The molecule has 6 heteroatoms. The highest BCUT2D eigenvalue weighted by Gasteiger charge is 2.32. The predicted molar refractivity (Wildman–Crippen MR) is 53.9 cm³/mol. The minimum atomic E-state index is -4.54. The fourth-order valence-corrected chi connectivity index (χ4v) is 1.71. The fourth-order valence-electron chi connectivity index (χ4n) is 1.16. The van der Waals surface area contributed by atoms with E-state index in [4.69, 9.17) is 5.26 Å². The van der Waals surface area contributed by atoms with Gasteiger partial charge in [0.2, 0.25) is 0 Å². The van der Waals surface area contributed by atoms with Crippen molar-refractivity contribution >= 4 is 21.7 Å². The van der Waals surface area contributed by atoms with Crippen molar-refractivity contribution in [3.8, 4) is 6.07 Å². The summed E-state index contributed by atoms with van der Waals surface area (Å²) in [6, 6.07) is 3.16. The van der Waals surface area contributed by atoms with Gasteiger partial charge < -0.3 is 0 Å². The van der Waals surface area contributed by atoms with Gasteiger partial charge in [-0.15, -0.1) is 0 Å². The lowest BCUT2D eigenvalue weighted by Gasteiger charge is -2.10. The van der Waals surface area contributed by atoms with Gasteiger partial charge in [-0.3, -0.25) is 4.79 Å². The normalized spacial score (nSPS) is 11.0. The second kappa shape index (κ2) is 4.26. The molecule has 0 atom stereocenters. The lowest BCUT2D eigenvalue weighted by molar-refractivity contribution is -0.137. The molecule has 0 aliphatic carbocycles. The smallest absolute Gasteiger partial charge is 0.294 e. The molecule has 0 N–H and O–H groups in total. The van der Waals surface area contributed by atoms with Crippen molar-refractivity contribution < 1.29 is 18.0 Å². The average molecular weight is 292 g/mol. The third-order valence-corrected chi connectivity index (χ3v) is 2.53. The molecule has 2 nitrogen and oxygen atoms in total. The number of rotatable bonds is 1. The molecule has 1 aromatic carbocycles. The van der Waals surface area contributed by atoms with E-state index in [0.29, 0.717) is 6.07 Å². The summed E-state index contributed by atoms with van der Waals surface area (Å²) in [6.45, 7) is 1.11. The molecular weight excluding hydrogens is 287 g/mol. The molecular formula is C10H5BrF3NO. The van der Waals surface area contributed by atoms with Gasteiger partial charge in [0.05, 0.1) is 11.1 Å². The quantitative estimate of drug-likeness (QED) is 0.743.